The molecule has 2 rings (SSSR count). The highest BCUT2D eigenvalue weighted by atomic mass is 16.5. The molecule has 2 N–H and O–H groups in total. The molecule has 5 heteroatoms. The fraction of sp³-hybridized carbons (Fsp3) is 0.929. The standard InChI is InChI=1S/C14H26N2O3/c1-18-13-4-2-3-12(13)16-14(17)7-10-19-11-5-8-15-9-6-11/h11-13,15H,2-10H2,1H3,(H,16,17). The Labute approximate surface area is 115 Å². The summed E-state index contributed by atoms with van der Waals surface area (Å²) in [6, 6.07) is 0.191. The van der Waals surface area contributed by atoms with Crippen LogP contribution in [0.4, 0.5) is 0 Å². The number of ether oxygens (including phenoxy) is 2. The second kappa shape index (κ2) is 7.82. The minimum Gasteiger partial charge on any atom is -0.379 e. The van der Waals surface area contributed by atoms with E-state index in [1.165, 1.54) is 0 Å². The van der Waals surface area contributed by atoms with Gasteiger partial charge in [0.05, 0.1) is 24.9 Å². The van der Waals surface area contributed by atoms with E-state index < -0.39 is 0 Å². The number of carbonyl (C=O) groups is 1. The second-order valence-electron chi connectivity index (χ2n) is 5.45. The lowest BCUT2D eigenvalue weighted by molar-refractivity contribution is -0.124. The van der Waals surface area contributed by atoms with Crippen LogP contribution in [-0.2, 0) is 14.3 Å². The minimum absolute atomic E-state index is 0.0860. The number of amides is 1. The summed E-state index contributed by atoms with van der Waals surface area (Å²) < 4.78 is 11.1. The number of hydrogen-bond acceptors (Lipinski definition) is 4. The molecule has 0 spiro atoms. The van der Waals surface area contributed by atoms with Crippen LogP contribution in [0, 0.1) is 0 Å². The van der Waals surface area contributed by atoms with Crippen molar-refractivity contribution in [3.63, 3.8) is 0 Å². The summed E-state index contributed by atoms with van der Waals surface area (Å²) in [5, 5.41) is 6.36. The van der Waals surface area contributed by atoms with Gasteiger partial charge in [0.2, 0.25) is 5.91 Å². The zero-order chi connectivity index (χ0) is 13.5. The van der Waals surface area contributed by atoms with E-state index in [1.54, 1.807) is 7.11 Å². The Bertz CT molecular complexity index is 280. The molecule has 2 unspecified atom stereocenters. The van der Waals surface area contributed by atoms with E-state index in [1.807, 2.05) is 0 Å². The molecule has 19 heavy (non-hydrogen) atoms. The lowest BCUT2D eigenvalue weighted by atomic mass is 10.1. The summed E-state index contributed by atoms with van der Waals surface area (Å²) in [6.45, 7) is 2.57. The molecule has 1 aliphatic heterocycles. The van der Waals surface area contributed by atoms with E-state index in [-0.39, 0.29) is 18.1 Å². The van der Waals surface area contributed by atoms with Gasteiger partial charge in [0, 0.05) is 13.5 Å². The molecule has 2 aliphatic rings. The molecule has 1 saturated heterocycles. The van der Waals surface area contributed by atoms with Gasteiger partial charge >= 0.3 is 0 Å². The zero-order valence-corrected chi connectivity index (χ0v) is 11.8. The molecule has 5 nitrogen and oxygen atoms in total. The van der Waals surface area contributed by atoms with Gasteiger partial charge in [-0.05, 0) is 45.2 Å². The highest BCUT2D eigenvalue weighted by Crippen LogP contribution is 2.21. The fourth-order valence-electron chi connectivity index (χ4n) is 2.93. The number of methoxy groups -OCH3 is 1. The van der Waals surface area contributed by atoms with Crippen LogP contribution in [0.5, 0.6) is 0 Å². The van der Waals surface area contributed by atoms with Crippen LogP contribution in [0.2, 0.25) is 0 Å². The van der Waals surface area contributed by atoms with Crippen LogP contribution in [-0.4, -0.2) is 51.0 Å². The number of carbonyl (C=O) groups excluding carboxylic acids is 1. The molecule has 1 heterocycles. The molecule has 2 fully saturated rings. The van der Waals surface area contributed by atoms with Crippen molar-refractivity contribution < 1.29 is 14.3 Å². The van der Waals surface area contributed by atoms with Crippen molar-refractivity contribution in [2.24, 2.45) is 0 Å². The van der Waals surface area contributed by atoms with Gasteiger partial charge in [-0.25, -0.2) is 0 Å². The molecule has 2 atom stereocenters. The van der Waals surface area contributed by atoms with Gasteiger partial charge in [0.1, 0.15) is 0 Å². The van der Waals surface area contributed by atoms with Crippen molar-refractivity contribution in [3.8, 4) is 0 Å². The maximum Gasteiger partial charge on any atom is 0.222 e. The second-order valence-corrected chi connectivity index (χ2v) is 5.45. The highest BCUT2D eigenvalue weighted by Gasteiger charge is 2.28. The SMILES string of the molecule is COC1CCCC1NC(=O)CCOC1CCNCC1. The fourth-order valence-corrected chi connectivity index (χ4v) is 2.93. The monoisotopic (exact) mass is 270 g/mol. The normalized spacial score (nSPS) is 28.5. The first-order valence-electron chi connectivity index (χ1n) is 7.44. The van der Waals surface area contributed by atoms with Gasteiger partial charge in [0.15, 0.2) is 0 Å². The molecular weight excluding hydrogens is 244 g/mol. The third kappa shape index (κ3) is 4.75. The van der Waals surface area contributed by atoms with E-state index in [9.17, 15) is 4.79 Å². The van der Waals surface area contributed by atoms with Crippen molar-refractivity contribution in [2.45, 2.75) is 56.8 Å². The molecule has 0 aromatic rings. The molecular formula is C14H26N2O3. The Hall–Kier alpha value is -0.650. The van der Waals surface area contributed by atoms with Crippen LogP contribution in [0.15, 0.2) is 0 Å². The Morgan fingerprint density at radius 1 is 1.26 bits per heavy atom. The van der Waals surface area contributed by atoms with Gasteiger partial charge in [0.25, 0.3) is 0 Å². The van der Waals surface area contributed by atoms with Crippen molar-refractivity contribution in [2.75, 3.05) is 26.8 Å². The quantitative estimate of drug-likeness (QED) is 0.750. The average Bonchev–Trinajstić information content (AvgIpc) is 2.87. The van der Waals surface area contributed by atoms with Gasteiger partial charge in [-0.3, -0.25) is 4.79 Å². The first kappa shape index (κ1) is 14.8. The first-order chi connectivity index (χ1) is 9.29. The predicted molar refractivity (Wildman–Crippen MR) is 73.0 cm³/mol. The molecule has 0 aromatic carbocycles. The maximum absolute atomic E-state index is 11.8. The number of rotatable bonds is 6. The Kier molecular flexibility index (Phi) is 6.07. The Balaban J connectivity index is 1.59. The molecule has 1 saturated carbocycles. The summed E-state index contributed by atoms with van der Waals surface area (Å²) in [4.78, 5) is 11.8. The zero-order valence-electron chi connectivity index (χ0n) is 11.8. The van der Waals surface area contributed by atoms with Gasteiger partial charge in [-0.2, -0.15) is 0 Å². The van der Waals surface area contributed by atoms with Crippen LogP contribution >= 0.6 is 0 Å². The lowest BCUT2D eigenvalue weighted by Gasteiger charge is -2.23. The average molecular weight is 270 g/mol. The van der Waals surface area contributed by atoms with Gasteiger partial charge in [-0.1, -0.05) is 0 Å². The molecule has 0 bridgehead atoms. The topological polar surface area (TPSA) is 59.6 Å². The lowest BCUT2D eigenvalue weighted by Crippen LogP contribution is -2.41. The van der Waals surface area contributed by atoms with E-state index in [0.717, 1.165) is 45.2 Å². The van der Waals surface area contributed by atoms with E-state index in [4.69, 9.17) is 9.47 Å². The van der Waals surface area contributed by atoms with Crippen LogP contribution in [0.1, 0.15) is 38.5 Å². The van der Waals surface area contributed by atoms with Crippen molar-refractivity contribution in [1.82, 2.24) is 10.6 Å². The summed E-state index contributed by atoms with van der Waals surface area (Å²) in [5.41, 5.74) is 0. The highest BCUT2D eigenvalue weighted by molar-refractivity contribution is 5.76. The number of piperidine rings is 1. The number of nitrogens with one attached hydrogen (secondary N) is 2. The molecule has 0 radical (unpaired) electrons. The molecule has 1 aliphatic carbocycles. The number of hydrogen-bond donors (Lipinski definition) is 2. The van der Waals surface area contributed by atoms with Crippen molar-refractivity contribution in [3.05, 3.63) is 0 Å². The smallest absolute Gasteiger partial charge is 0.222 e. The molecule has 110 valence electrons. The largest absolute Gasteiger partial charge is 0.379 e. The predicted octanol–water partition coefficient (Wildman–Crippen LogP) is 0.829. The summed E-state index contributed by atoms with van der Waals surface area (Å²) >= 11 is 0. The minimum atomic E-state index is 0.0860. The molecule has 0 aromatic heterocycles. The van der Waals surface area contributed by atoms with Crippen molar-refractivity contribution >= 4 is 5.91 Å². The van der Waals surface area contributed by atoms with E-state index in [2.05, 4.69) is 10.6 Å². The maximum atomic E-state index is 11.8. The van der Waals surface area contributed by atoms with Crippen LogP contribution in [0.3, 0.4) is 0 Å². The van der Waals surface area contributed by atoms with Crippen molar-refractivity contribution in [1.29, 1.82) is 0 Å². The Morgan fingerprint density at radius 3 is 2.79 bits per heavy atom. The first-order valence-corrected chi connectivity index (χ1v) is 7.44. The van der Waals surface area contributed by atoms with E-state index in [0.29, 0.717) is 19.1 Å². The summed E-state index contributed by atoms with van der Waals surface area (Å²) in [5.74, 6) is 0.0860. The molecule has 1 amide bonds. The third-order valence-corrected chi connectivity index (χ3v) is 4.07. The van der Waals surface area contributed by atoms with Crippen LogP contribution in [0.25, 0.3) is 0 Å². The van der Waals surface area contributed by atoms with Gasteiger partial charge < -0.3 is 20.1 Å². The Morgan fingerprint density at radius 2 is 2.05 bits per heavy atom. The van der Waals surface area contributed by atoms with Crippen LogP contribution < -0.4 is 10.6 Å². The summed E-state index contributed by atoms with van der Waals surface area (Å²) in [6.07, 6.45) is 6.28. The summed E-state index contributed by atoms with van der Waals surface area (Å²) in [7, 11) is 1.72. The third-order valence-electron chi connectivity index (χ3n) is 4.07. The van der Waals surface area contributed by atoms with E-state index >= 15 is 0 Å². The van der Waals surface area contributed by atoms with Gasteiger partial charge in [-0.15, -0.1) is 0 Å².